The molecule has 1 atom stereocenters. The van der Waals surface area contributed by atoms with Crippen LogP contribution >= 0.6 is 0 Å². The molecule has 0 bridgehead atoms. The van der Waals surface area contributed by atoms with Crippen molar-refractivity contribution in [2.75, 3.05) is 24.5 Å². The summed E-state index contributed by atoms with van der Waals surface area (Å²) >= 11 is 0. The van der Waals surface area contributed by atoms with Gasteiger partial charge in [0.15, 0.2) is 11.4 Å². The number of ketones is 1. The second-order valence-corrected chi connectivity index (χ2v) is 8.91. The first-order chi connectivity index (χ1) is 15.0. The van der Waals surface area contributed by atoms with E-state index in [4.69, 9.17) is 4.74 Å². The summed E-state index contributed by atoms with van der Waals surface area (Å²) in [5.74, 6) is -1.24. The van der Waals surface area contributed by atoms with Gasteiger partial charge < -0.3 is 15.0 Å². The van der Waals surface area contributed by atoms with Crippen molar-refractivity contribution >= 4 is 23.3 Å². The molecule has 7 heteroatoms. The van der Waals surface area contributed by atoms with Crippen LogP contribution in [0.3, 0.4) is 0 Å². The maximum Gasteiger partial charge on any atom is 0.340 e. The lowest BCUT2D eigenvalue weighted by atomic mass is 9.82. The number of nitrogens with one attached hydrogen (secondary N) is 1. The highest BCUT2D eigenvalue weighted by molar-refractivity contribution is 6.14. The van der Waals surface area contributed by atoms with Gasteiger partial charge in [0.05, 0.1) is 11.0 Å². The highest BCUT2D eigenvalue weighted by Gasteiger charge is 2.55. The van der Waals surface area contributed by atoms with E-state index in [1.807, 2.05) is 6.07 Å². The van der Waals surface area contributed by atoms with Gasteiger partial charge in [0.25, 0.3) is 0 Å². The van der Waals surface area contributed by atoms with E-state index < -0.39 is 22.8 Å². The predicted octanol–water partition coefficient (Wildman–Crippen LogP) is 2.84. The summed E-state index contributed by atoms with van der Waals surface area (Å²) in [5, 5.41) is 3.23. The van der Waals surface area contributed by atoms with Crippen LogP contribution in [-0.2, 0) is 20.5 Å². The van der Waals surface area contributed by atoms with Crippen LogP contribution in [0.1, 0.15) is 57.5 Å². The average Bonchev–Trinajstić information content (AvgIpc) is 3.33. The molecule has 1 amide bonds. The number of esters is 1. The van der Waals surface area contributed by atoms with Crippen molar-refractivity contribution in [2.24, 2.45) is 0 Å². The molecule has 3 fully saturated rings. The average molecular weight is 420 g/mol. The molecule has 1 spiro atoms. The van der Waals surface area contributed by atoms with E-state index in [9.17, 15) is 14.4 Å². The summed E-state index contributed by atoms with van der Waals surface area (Å²) in [6.07, 6.45) is 2.18. The van der Waals surface area contributed by atoms with Crippen LogP contribution in [0.25, 0.3) is 0 Å². The van der Waals surface area contributed by atoms with E-state index in [0.717, 1.165) is 12.1 Å². The van der Waals surface area contributed by atoms with Crippen molar-refractivity contribution in [3.8, 4) is 0 Å². The minimum atomic E-state index is -0.972. The van der Waals surface area contributed by atoms with Crippen molar-refractivity contribution in [1.29, 1.82) is 0 Å². The lowest BCUT2D eigenvalue weighted by Crippen LogP contribution is -2.43. The van der Waals surface area contributed by atoms with Crippen molar-refractivity contribution in [3.63, 3.8) is 0 Å². The number of fused-ring (bicyclic) bond motifs is 2. The topological polar surface area (TPSA) is 75.7 Å². The van der Waals surface area contributed by atoms with Gasteiger partial charge in [-0.15, -0.1) is 0 Å². The summed E-state index contributed by atoms with van der Waals surface area (Å²) < 4.78 is 20.9. The molecule has 2 aromatic rings. The number of Topliss-reactive ketones (excluding diaryl/α,β-unsaturated/α-hetero) is 1. The predicted molar refractivity (Wildman–Crippen MR) is 110 cm³/mol. The number of nitrogens with zero attached hydrogens (tertiary/aromatic N) is 1. The fraction of sp³-hybridized carbons (Fsp3) is 0.375. The molecule has 31 heavy (non-hydrogen) atoms. The molecule has 1 unspecified atom stereocenters. The Morgan fingerprint density at radius 2 is 1.94 bits per heavy atom. The van der Waals surface area contributed by atoms with Crippen LogP contribution < -0.4 is 10.2 Å². The monoisotopic (exact) mass is 420 g/mol. The third kappa shape index (κ3) is 2.50. The van der Waals surface area contributed by atoms with Crippen LogP contribution in [0, 0.1) is 5.82 Å². The Bertz CT molecular complexity index is 1160. The number of hydrogen-bond donors (Lipinski definition) is 1. The molecule has 1 saturated carbocycles. The zero-order chi connectivity index (χ0) is 21.4. The Balaban J connectivity index is 1.39. The standard InChI is InChI=1S/C24H21FN2O4/c25-18-12-14(27-11-6-19(27)28)4-5-16(18)23(7-8-23)21(29)15-2-1-3-17-20(15)22(30)31-24(17)9-10-26-13-24/h1-5,12,26H,6-11,13H2. The lowest BCUT2D eigenvalue weighted by Gasteiger charge is -2.31. The number of carbonyl (C=O) groups is 3. The first-order valence-electron chi connectivity index (χ1n) is 10.7. The van der Waals surface area contributed by atoms with E-state index in [1.165, 1.54) is 11.0 Å². The summed E-state index contributed by atoms with van der Waals surface area (Å²) in [5.41, 5.74) is 0.541. The van der Waals surface area contributed by atoms with Crippen molar-refractivity contribution < 1.29 is 23.5 Å². The number of rotatable bonds is 4. The van der Waals surface area contributed by atoms with Crippen molar-refractivity contribution in [2.45, 2.75) is 36.7 Å². The summed E-state index contributed by atoms with van der Waals surface area (Å²) in [6.45, 7) is 1.85. The van der Waals surface area contributed by atoms with Crippen molar-refractivity contribution in [1.82, 2.24) is 5.32 Å². The Kier molecular flexibility index (Phi) is 3.76. The van der Waals surface area contributed by atoms with E-state index in [2.05, 4.69) is 5.32 Å². The number of β-lactam (4-membered cyclic amide) rings is 1. The molecular formula is C24H21FN2O4. The fourth-order valence-electron chi connectivity index (χ4n) is 5.26. The molecule has 3 aliphatic heterocycles. The molecule has 2 aromatic carbocycles. The maximum absolute atomic E-state index is 15.1. The van der Waals surface area contributed by atoms with Gasteiger partial charge in [0, 0.05) is 48.3 Å². The minimum Gasteiger partial charge on any atom is -0.449 e. The SMILES string of the molecule is O=C1OC2(CCNC2)c2cccc(C(=O)C3(c4ccc(N5CCC5=O)cc4F)CC3)c21. The molecule has 158 valence electrons. The molecule has 0 aromatic heterocycles. The quantitative estimate of drug-likeness (QED) is 0.468. The fourth-order valence-corrected chi connectivity index (χ4v) is 5.26. The second-order valence-electron chi connectivity index (χ2n) is 8.91. The second kappa shape index (κ2) is 6.23. The zero-order valence-electron chi connectivity index (χ0n) is 16.9. The first kappa shape index (κ1) is 18.7. The van der Waals surface area contributed by atoms with Gasteiger partial charge in [0.2, 0.25) is 5.91 Å². The highest BCUT2D eigenvalue weighted by atomic mass is 19.1. The maximum atomic E-state index is 15.1. The van der Waals surface area contributed by atoms with Crippen molar-refractivity contribution in [3.05, 3.63) is 64.5 Å². The molecule has 6 nitrogen and oxygen atoms in total. The van der Waals surface area contributed by atoms with E-state index >= 15 is 4.39 Å². The van der Waals surface area contributed by atoms with Crippen LogP contribution in [0.2, 0.25) is 0 Å². The van der Waals surface area contributed by atoms with E-state index in [0.29, 0.717) is 61.2 Å². The summed E-state index contributed by atoms with van der Waals surface area (Å²) in [6, 6.07) is 9.93. The summed E-state index contributed by atoms with van der Waals surface area (Å²) in [7, 11) is 0. The van der Waals surface area contributed by atoms with Gasteiger partial charge in [0.1, 0.15) is 5.82 Å². The number of amides is 1. The molecule has 0 radical (unpaired) electrons. The molecule has 3 heterocycles. The van der Waals surface area contributed by atoms with Crippen LogP contribution in [0.15, 0.2) is 36.4 Å². The van der Waals surface area contributed by atoms with E-state index in [-0.39, 0.29) is 11.7 Å². The Morgan fingerprint density at radius 3 is 2.55 bits per heavy atom. The summed E-state index contributed by atoms with van der Waals surface area (Å²) in [4.78, 5) is 39.7. The van der Waals surface area contributed by atoms with Crippen LogP contribution in [0.4, 0.5) is 10.1 Å². The molecular weight excluding hydrogens is 399 g/mol. The number of halogens is 1. The molecule has 6 rings (SSSR count). The number of hydrogen-bond acceptors (Lipinski definition) is 5. The van der Waals surface area contributed by atoms with Crippen LogP contribution in [-0.4, -0.2) is 37.3 Å². The zero-order valence-corrected chi connectivity index (χ0v) is 16.9. The van der Waals surface area contributed by atoms with E-state index in [1.54, 1.807) is 24.3 Å². The normalized spacial score (nSPS) is 25.4. The largest absolute Gasteiger partial charge is 0.449 e. The van der Waals surface area contributed by atoms with Gasteiger partial charge >= 0.3 is 5.97 Å². The number of carbonyl (C=O) groups excluding carboxylic acids is 3. The number of anilines is 1. The third-order valence-electron chi connectivity index (χ3n) is 7.22. The van der Waals surface area contributed by atoms with Gasteiger partial charge in [-0.2, -0.15) is 0 Å². The third-order valence-corrected chi connectivity index (χ3v) is 7.22. The molecule has 1 aliphatic carbocycles. The first-order valence-corrected chi connectivity index (χ1v) is 10.7. The lowest BCUT2D eigenvalue weighted by molar-refractivity contribution is -0.122. The van der Waals surface area contributed by atoms with Gasteiger partial charge in [-0.05, 0) is 31.5 Å². The molecule has 1 N–H and O–H groups in total. The molecule has 2 saturated heterocycles. The van der Waals surface area contributed by atoms with Gasteiger partial charge in [-0.3, -0.25) is 9.59 Å². The number of benzene rings is 2. The Hall–Kier alpha value is -3.06. The smallest absolute Gasteiger partial charge is 0.340 e. The van der Waals surface area contributed by atoms with Crippen LogP contribution in [0.5, 0.6) is 0 Å². The number of ether oxygens (including phenoxy) is 1. The van der Waals surface area contributed by atoms with Gasteiger partial charge in [-0.1, -0.05) is 24.3 Å². The van der Waals surface area contributed by atoms with Gasteiger partial charge in [-0.25, -0.2) is 9.18 Å². The highest BCUT2D eigenvalue weighted by Crippen LogP contribution is 2.53. The Labute approximate surface area is 178 Å². The minimum absolute atomic E-state index is 0.0296. The Morgan fingerprint density at radius 1 is 1.10 bits per heavy atom. The molecule has 4 aliphatic rings.